The molecule has 0 spiro atoms. The molecule has 4 rings (SSSR count). The van der Waals surface area contributed by atoms with Crippen LogP contribution in [0.25, 0.3) is 0 Å². The molecule has 1 aliphatic heterocycles. The molecule has 0 unspecified atom stereocenters. The molecular formula is C22H22N2O. The lowest BCUT2D eigenvalue weighted by atomic mass is 10.2. The second kappa shape index (κ2) is 7.31. The van der Waals surface area contributed by atoms with E-state index in [4.69, 9.17) is 4.74 Å². The molecular weight excluding hydrogens is 308 g/mol. The van der Waals surface area contributed by atoms with Crippen LogP contribution >= 0.6 is 0 Å². The number of hydrogen-bond donors (Lipinski definition) is 1. The van der Waals surface area contributed by atoms with E-state index in [2.05, 4.69) is 46.6 Å². The van der Waals surface area contributed by atoms with Crippen LogP contribution in [0.4, 0.5) is 11.4 Å². The number of nitrogens with one attached hydrogen (secondary N) is 1. The van der Waals surface area contributed by atoms with Crippen molar-refractivity contribution in [2.24, 2.45) is 0 Å². The smallest absolute Gasteiger partial charge is 0.127 e. The van der Waals surface area contributed by atoms with Crippen molar-refractivity contribution in [2.45, 2.75) is 6.42 Å². The monoisotopic (exact) mass is 330 g/mol. The standard InChI is InChI=1S/C22H22N2O/c1-2-7-20(8-3-1)25-21-12-10-19(11-13-21)23-15-17-24-16-14-18-6-4-5-9-22(18)24/h1-13,23H,14-17H2. The van der Waals surface area contributed by atoms with E-state index < -0.39 is 0 Å². The number of hydrogen-bond acceptors (Lipinski definition) is 3. The number of fused-ring (bicyclic) bond motifs is 1. The van der Waals surface area contributed by atoms with E-state index in [1.54, 1.807) is 0 Å². The normalized spacial score (nSPS) is 12.7. The Morgan fingerprint density at radius 3 is 2.36 bits per heavy atom. The topological polar surface area (TPSA) is 24.5 Å². The Morgan fingerprint density at radius 1 is 0.800 bits per heavy atom. The van der Waals surface area contributed by atoms with Gasteiger partial charge in [0, 0.05) is 31.0 Å². The first kappa shape index (κ1) is 15.6. The fourth-order valence-corrected chi connectivity index (χ4v) is 3.24. The third-order valence-corrected chi connectivity index (χ3v) is 4.53. The van der Waals surface area contributed by atoms with Crippen molar-refractivity contribution in [2.75, 3.05) is 29.9 Å². The first-order chi connectivity index (χ1) is 12.4. The maximum Gasteiger partial charge on any atom is 0.127 e. The van der Waals surface area contributed by atoms with Crippen molar-refractivity contribution in [3.8, 4) is 11.5 Å². The summed E-state index contributed by atoms with van der Waals surface area (Å²) in [5, 5.41) is 3.50. The Kier molecular flexibility index (Phi) is 4.55. The van der Waals surface area contributed by atoms with Crippen molar-refractivity contribution in [1.29, 1.82) is 0 Å². The summed E-state index contributed by atoms with van der Waals surface area (Å²) in [4.78, 5) is 2.45. The van der Waals surface area contributed by atoms with Gasteiger partial charge in [-0.05, 0) is 54.4 Å². The average Bonchev–Trinajstić information content (AvgIpc) is 3.07. The van der Waals surface area contributed by atoms with E-state index in [0.29, 0.717) is 0 Å². The lowest BCUT2D eigenvalue weighted by molar-refractivity contribution is 0.483. The predicted molar refractivity (Wildman–Crippen MR) is 104 cm³/mol. The number of ether oxygens (including phenoxy) is 1. The van der Waals surface area contributed by atoms with Crippen LogP contribution in [0.5, 0.6) is 11.5 Å². The minimum absolute atomic E-state index is 0.852. The fraction of sp³-hybridized carbons (Fsp3) is 0.182. The van der Waals surface area contributed by atoms with Gasteiger partial charge in [-0.15, -0.1) is 0 Å². The summed E-state index contributed by atoms with van der Waals surface area (Å²) in [6.45, 7) is 3.05. The van der Waals surface area contributed by atoms with Crippen LogP contribution in [0.2, 0.25) is 0 Å². The second-order valence-electron chi connectivity index (χ2n) is 6.23. The Hall–Kier alpha value is -2.94. The van der Waals surface area contributed by atoms with Gasteiger partial charge in [-0.2, -0.15) is 0 Å². The molecule has 25 heavy (non-hydrogen) atoms. The third kappa shape index (κ3) is 3.77. The number of benzene rings is 3. The number of anilines is 2. The summed E-state index contributed by atoms with van der Waals surface area (Å²) >= 11 is 0. The molecule has 1 heterocycles. The first-order valence-electron chi connectivity index (χ1n) is 8.78. The van der Waals surface area contributed by atoms with Gasteiger partial charge >= 0.3 is 0 Å². The van der Waals surface area contributed by atoms with Crippen LogP contribution in [0.1, 0.15) is 5.56 Å². The molecule has 3 heteroatoms. The third-order valence-electron chi connectivity index (χ3n) is 4.53. The lowest BCUT2D eigenvalue weighted by Gasteiger charge is -2.20. The quantitative estimate of drug-likeness (QED) is 0.692. The van der Waals surface area contributed by atoms with Crippen LogP contribution in [0.3, 0.4) is 0 Å². The van der Waals surface area contributed by atoms with Crippen molar-refractivity contribution in [3.05, 3.63) is 84.4 Å². The summed E-state index contributed by atoms with van der Waals surface area (Å²) in [5.74, 6) is 1.71. The van der Waals surface area contributed by atoms with Gasteiger partial charge in [0.25, 0.3) is 0 Å². The van der Waals surface area contributed by atoms with Crippen LogP contribution in [0.15, 0.2) is 78.9 Å². The zero-order valence-corrected chi connectivity index (χ0v) is 14.2. The van der Waals surface area contributed by atoms with Gasteiger partial charge in [0.1, 0.15) is 11.5 Å². The first-order valence-corrected chi connectivity index (χ1v) is 8.78. The Bertz CT molecular complexity index is 815. The van der Waals surface area contributed by atoms with E-state index in [1.165, 1.54) is 11.3 Å². The van der Waals surface area contributed by atoms with E-state index >= 15 is 0 Å². The number of nitrogens with zero attached hydrogens (tertiary/aromatic N) is 1. The highest BCUT2D eigenvalue weighted by molar-refractivity contribution is 5.58. The zero-order valence-electron chi connectivity index (χ0n) is 14.2. The predicted octanol–water partition coefficient (Wildman–Crippen LogP) is 4.95. The van der Waals surface area contributed by atoms with Gasteiger partial charge in [-0.1, -0.05) is 36.4 Å². The molecule has 3 aromatic rings. The highest BCUT2D eigenvalue weighted by Crippen LogP contribution is 2.27. The molecule has 0 bridgehead atoms. The summed E-state index contributed by atoms with van der Waals surface area (Å²) < 4.78 is 5.82. The molecule has 0 saturated heterocycles. The second-order valence-corrected chi connectivity index (χ2v) is 6.23. The maximum atomic E-state index is 5.82. The molecule has 0 amide bonds. The van der Waals surface area contributed by atoms with Crippen molar-refractivity contribution in [3.63, 3.8) is 0 Å². The van der Waals surface area contributed by atoms with E-state index in [0.717, 1.165) is 43.2 Å². The highest BCUT2D eigenvalue weighted by atomic mass is 16.5. The van der Waals surface area contributed by atoms with Gasteiger partial charge in [0.05, 0.1) is 0 Å². The minimum atomic E-state index is 0.852. The van der Waals surface area contributed by atoms with Crippen LogP contribution in [0, 0.1) is 0 Å². The van der Waals surface area contributed by atoms with Crippen LogP contribution < -0.4 is 15.0 Å². The van der Waals surface area contributed by atoms with E-state index in [-0.39, 0.29) is 0 Å². The van der Waals surface area contributed by atoms with Crippen molar-refractivity contribution < 1.29 is 4.74 Å². The molecule has 0 aromatic heterocycles. The van der Waals surface area contributed by atoms with Gasteiger partial charge in [-0.25, -0.2) is 0 Å². The molecule has 3 nitrogen and oxygen atoms in total. The molecule has 0 aliphatic carbocycles. The van der Waals surface area contributed by atoms with Crippen molar-refractivity contribution in [1.82, 2.24) is 0 Å². The van der Waals surface area contributed by atoms with E-state index in [1.807, 2.05) is 42.5 Å². The Labute approximate surface area is 148 Å². The van der Waals surface area contributed by atoms with Gasteiger partial charge in [-0.3, -0.25) is 0 Å². The largest absolute Gasteiger partial charge is 0.457 e. The SMILES string of the molecule is c1ccc(Oc2ccc(NCCN3CCc4ccccc43)cc2)cc1. The van der Waals surface area contributed by atoms with E-state index in [9.17, 15) is 0 Å². The molecule has 3 aromatic carbocycles. The molecule has 0 fully saturated rings. The number of rotatable bonds is 6. The fourth-order valence-electron chi connectivity index (χ4n) is 3.24. The van der Waals surface area contributed by atoms with Crippen LogP contribution in [-0.2, 0) is 6.42 Å². The van der Waals surface area contributed by atoms with Crippen molar-refractivity contribution >= 4 is 11.4 Å². The molecule has 126 valence electrons. The van der Waals surface area contributed by atoms with Gasteiger partial charge < -0.3 is 15.0 Å². The summed E-state index contributed by atoms with van der Waals surface area (Å²) in [6.07, 6.45) is 1.15. The average molecular weight is 330 g/mol. The Morgan fingerprint density at radius 2 is 1.52 bits per heavy atom. The summed E-state index contributed by atoms with van der Waals surface area (Å²) in [6, 6.07) is 26.7. The lowest BCUT2D eigenvalue weighted by Crippen LogP contribution is -2.27. The molecule has 0 saturated carbocycles. The summed E-state index contributed by atoms with van der Waals surface area (Å²) in [7, 11) is 0. The molecule has 0 atom stereocenters. The minimum Gasteiger partial charge on any atom is -0.457 e. The van der Waals surface area contributed by atoms with Gasteiger partial charge in [0.15, 0.2) is 0 Å². The van der Waals surface area contributed by atoms with Gasteiger partial charge in [0.2, 0.25) is 0 Å². The van der Waals surface area contributed by atoms with Crippen LogP contribution in [-0.4, -0.2) is 19.6 Å². The highest BCUT2D eigenvalue weighted by Gasteiger charge is 2.17. The number of para-hydroxylation sites is 2. The Balaban J connectivity index is 1.29. The molecule has 1 aliphatic rings. The maximum absolute atomic E-state index is 5.82. The zero-order chi connectivity index (χ0) is 16.9. The summed E-state index contributed by atoms with van der Waals surface area (Å²) in [5.41, 5.74) is 3.97. The molecule has 1 N–H and O–H groups in total. The molecule has 0 radical (unpaired) electrons.